The van der Waals surface area contributed by atoms with E-state index in [0.29, 0.717) is 17.9 Å². The molecule has 2 heterocycles. The summed E-state index contributed by atoms with van der Waals surface area (Å²) < 4.78 is 12.7. The van der Waals surface area contributed by atoms with Crippen molar-refractivity contribution in [3.05, 3.63) is 45.0 Å². The topological polar surface area (TPSA) is 71.4 Å². The monoisotopic (exact) mass is 510 g/mol. The molecule has 1 aliphatic carbocycles. The third-order valence-electron chi connectivity index (χ3n) is 5.52. The maximum atomic E-state index is 11.4. The Labute approximate surface area is 180 Å². The Hall–Kier alpha value is -1.80. The molecule has 0 spiro atoms. The van der Waals surface area contributed by atoms with Gasteiger partial charge in [0.1, 0.15) is 5.84 Å². The minimum absolute atomic E-state index is 0.0150. The van der Waals surface area contributed by atoms with E-state index in [1.54, 1.807) is 14.2 Å². The fourth-order valence-corrected chi connectivity index (χ4v) is 5.32. The number of fused-ring (bicyclic) bond motifs is 1. The molecule has 0 amide bonds. The highest BCUT2D eigenvalue weighted by molar-refractivity contribution is 9.12. The van der Waals surface area contributed by atoms with Crippen LogP contribution in [0.3, 0.4) is 0 Å². The average Bonchev–Trinajstić information content (AvgIpc) is 3.48. The lowest BCUT2D eigenvalue weighted by molar-refractivity contribution is -0.138. The van der Waals surface area contributed by atoms with Crippen LogP contribution < -0.4 is 9.47 Å². The van der Waals surface area contributed by atoms with Crippen molar-refractivity contribution < 1.29 is 19.4 Å². The largest absolute Gasteiger partial charge is 0.493 e. The van der Waals surface area contributed by atoms with Crippen molar-refractivity contribution in [1.29, 1.82) is 0 Å². The standard InChI is InChI=1S/C20H20Br2N2O4/c1-27-17-4-3-10(5-18(17)28-2)16-8-15(12-7-13(12)20(25)26)23-19-14(22)6-11(21)9-24(16)19/h3-6,9,12-13,15-16H,7-8H2,1-2H3,(H,25,26). The van der Waals surface area contributed by atoms with Crippen LogP contribution in [0.25, 0.3) is 0 Å². The molecule has 0 aromatic heterocycles. The Kier molecular flexibility index (Phi) is 5.26. The van der Waals surface area contributed by atoms with Crippen LogP contribution in [0.15, 0.2) is 44.4 Å². The van der Waals surface area contributed by atoms with Gasteiger partial charge in [-0.05, 0) is 74.4 Å². The van der Waals surface area contributed by atoms with Crippen LogP contribution in [0.2, 0.25) is 0 Å². The maximum Gasteiger partial charge on any atom is 0.306 e. The number of hydrogen-bond donors (Lipinski definition) is 1. The molecular weight excluding hydrogens is 492 g/mol. The lowest BCUT2D eigenvalue weighted by atomic mass is 9.92. The molecule has 6 nitrogen and oxygen atoms in total. The molecule has 1 aromatic carbocycles. The van der Waals surface area contributed by atoms with Gasteiger partial charge in [0.25, 0.3) is 0 Å². The third kappa shape index (κ3) is 3.48. The summed E-state index contributed by atoms with van der Waals surface area (Å²) in [6.07, 6.45) is 5.41. The number of nitrogens with zero attached hydrogens (tertiary/aromatic N) is 2. The molecule has 4 atom stereocenters. The second kappa shape index (κ2) is 7.55. The number of aliphatic carboxylic acids is 1. The Morgan fingerprint density at radius 2 is 1.96 bits per heavy atom. The molecule has 0 radical (unpaired) electrons. The van der Waals surface area contributed by atoms with Gasteiger partial charge < -0.3 is 19.5 Å². The number of carbonyl (C=O) groups is 1. The summed E-state index contributed by atoms with van der Waals surface area (Å²) in [4.78, 5) is 18.4. The average molecular weight is 512 g/mol. The fraction of sp³-hybridized carbons (Fsp3) is 0.400. The van der Waals surface area contributed by atoms with E-state index >= 15 is 0 Å². The van der Waals surface area contributed by atoms with E-state index in [-0.39, 0.29) is 23.9 Å². The van der Waals surface area contributed by atoms with Crippen molar-refractivity contribution in [2.45, 2.75) is 24.9 Å². The molecule has 0 saturated heterocycles. The Bertz CT molecular complexity index is 911. The molecule has 8 heteroatoms. The van der Waals surface area contributed by atoms with Gasteiger partial charge in [0.2, 0.25) is 0 Å². The predicted molar refractivity (Wildman–Crippen MR) is 113 cm³/mol. The quantitative estimate of drug-likeness (QED) is 0.631. The molecule has 1 aromatic rings. The zero-order chi connectivity index (χ0) is 20.0. The zero-order valence-electron chi connectivity index (χ0n) is 15.4. The van der Waals surface area contributed by atoms with Crippen molar-refractivity contribution in [2.24, 2.45) is 16.8 Å². The number of ether oxygens (including phenoxy) is 2. The van der Waals surface area contributed by atoms with Gasteiger partial charge in [0, 0.05) is 10.7 Å². The summed E-state index contributed by atoms with van der Waals surface area (Å²) >= 11 is 7.18. The SMILES string of the molecule is COc1ccc(C2CC(C3CC3C(=O)O)N=C3C(Br)=CC(Br)=CN32)cc1OC. The van der Waals surface area contributed by atoms with E-state index < -0.39 is 5.97 Å². The van der Waals surface area contributed by atoms with Gasteiger partial charge in [0.05, 0.1) is 36.7 Å². The molecule has 148 valence electrons. The molecule has 3 aliphatic rings. The van der Waals surface area contributed by atoms with Crippen LogP contribution in [0.5, 0.6) is 11.5 Å². The van der Waals surface area contributed by atoms with Crippen LogP contribution in [0.4, 0.5) is 0 Å². The van der Waals surface area contributed by atoms with Crippen LogP contribution >= 0.6 is 31.9 Å². The predicted octanol–water partition coefficient (Wildman–Crippen LogP) is 4.47. The molecule has 4 unspecified atom stereocenters. The normalized spacial score (nSPS) is 28.6. The molecule has 2 aliphatic heterocycles. The van der Waals surface area contributed by atoms with E-state index in [1.165, 1.54) is 0 Å². The summed E-state index contributed by atoms with van der Waals surface area (Å²) in [6.45, 7) is 0. The lowest BCUT2D eigenvalue weighted by Gasteiger charge is -2.40. The number of halogens is 2. The summed E-state index contributed by atoms with van der Waals surface area (Å²) in [6, 6.07) is 5.90. The summed E-state index contributed by atoms with van der Waals surface area (Å²) in [7, 11) is 3.24. The molecule has 1 fully saturated rings. The van der Waals surface area contributed by atoms with E-state index in [4.69, 9.17) is 14.5 Å². The highest BCUT2D eigenvalue weighted by Crippen LogP contribution is 2.49. The molecule has 1 saturated carbocycles. The first kappa shape index (κ1) is 19.5. The summed E-state index contributed by atoms with van der Waals surface area (Å²) in [5.74, 6) is 1.25. The fourth-order valence-electron chi connectivity index (χ4n) is 4.01. The third-order valence-corrected chi connectivity index (χ3v) is 6.53. The van der Waals surface area contributed by atoms with Gasteiger partial charge in [-0.15, -0.1) is 0 Å². The highest BCUT2D eigenvalue weighted by atomic mass is 79.9. The smallest absolute Gasteiger partial charge is 0.306 e. The van der Waals surface area contributed by atoms with Gasteiger partial charge >= 0.3 is 5.97 Å². The number of amidine groups is 1. The minimum Gasteiger partial charge on any atom is -0.493 e. The number of carboxylic acid groups (broad SMARTS) is 1. The van der Waals surface area contributed by atoms with Crippen LogP contribution in [0.1, 0.15) is 24.4 Å². The first-order chi connectivity index (χ1) is 13.4. The van der Waals surface area contributed by atoms with E-state index in [9.17, 15) is 9.90 Å². The van der Waals surface area contributed by atoms with Crippen LogP contribution in [-0.4, -0.2) is 42.1 Å². The minimum atomic E-state index is -0.726. The van der Waals surface area contributed by atoms with Gasteiger partial charge in [-0.1, -0.05) is 6.07 Å². The molecular formula is C20H20Br2N2O4. The Morgan fingerprint density at radius 1 is 1.21 bits per heavy atom. The van der Waals surface area contributed by atoms with E-state index in [2.05, 4.69) is 36.8 Å². The number of rotatable bonds is 5. The number of carboxylic acids is 1. The second-order valence-corrected chi connectivity index (χ2v) is 8.91. The zero-order valence-corrected chi connectivity index (χ0v) is 18.6. The second-order valence-electron chi connectivity index (χ2n) is 7.14. The first-order valence-electron chi connectivity index (χ1n) is 8.98. The Morgan fingerprint density at radius 3 is 2.61 bits per heavy atom. The highest BCUT2D eigenvalue weighted by Gasteiger charge is 2.50. The van der Waals surface area contributed by atoms with E-state index in [1.807, 2.05) is 30.5 Å². The summed E-state index contributed by atoms with van der Waals surface area (Å²) in [5.41, 5.74) is 1.07. The molecule has 0 bridgehead atoms. The number of aliphatic imine (C=N–C) groups is 1. The van der Waals surface area contributed by atoms with Crippen molar-refractivity contribution in [2.75, 3.05) is 14.2 Å². The van der Waals surface area contributed by atoms with Gasteiger partial charge in [0.15, 0.2) is 11.5 Å². The number of allylic oxidation sites excluding steroid dienone is 2. The van der Waals surface area contributed by atoms with Gasteiger partial charge in [-0.25, -0.2) is 0 Å². The number of hydrogen-bond acceptors (Lipinski definition) is 5. The maximum absolute atomic E-state index is 11.4. The molecule has 4 rings (SSSR count). The van der Waals surface area contributed by atoms with Gasteiger partial charge in [-0.2, -0.15) is 0 Å². The lowest BCUT2D eigenvalue weighted by Crippen LogP contribution is -2.40. The summed E-state index contributed by atoms with van der Waals surface area (Å²) in [5, 5.41) is 9.36. The van der Waals surface area contributed by atoms with Crippen molar-refractivity contribution in [3.63, 3.8) is 0 Å². The van der Waals surface area contributed by atoms with Crippen molar-refractivity contribution >= 4 is 43.7 Å². The first-order valence-corrected chi connectivity index (χ1v) is 10.6. The van der Waals surface area contributed by atoms with Crippen molar-refractivity contribution in [3.8, 4) is 11.5 Å². The Balaban J connectivity index is 1.73. The number of methoxy groups -OCH3 is 2. The van der Waals surface area contributed by atoms with Crippen LogP contribution in [0, 0.1) is 11.8 Å². The molecule has 28 heavy (non-hydrogen) atoms. The van der Waals surface area contributed by atoms with Crippen LogP contribution in [-0.2, 0) is 4.79 Å². The number of benzene rings is 1. The molecule has 1 N–H and O–H groups in total. The van der Waals surface area contributed by atoms with Gasteiger partial charge in [-0.3, -0.25) is 9.79 Å². The van der Waals surface area contributed by atoms with Crippen molar-refractivity contribution in [1.82, 2.24) is 4.90 Å². The van der Waals surface area contributed by atoms with E-state index in [0.717, 1.165) is 26.8 Å².